The van der Waals surface area contributed by atoms with Gasteiger partial charge in [0.05, 0.1) is 6.54 Å². The van der Waals surface area contributed by atoms with Crippen LogP contribution in [0.2, 0.25) is 0 Å². The molecular formula is C15H22BrN3. The molecule has 0 fully saturated rings. The molecule has 0 aromatic heterocycles. The second-order valence-corrected chi connectivity index (χ2v) is 5.10. The van der Waals surface area contributed by atoms with Crippen LogP contribution < -0.4 is 5.32 Å². The van der Waals surface area contributed by atoms with Crippen LogP contribution in [0.4, 0.5) is 0 Å². The van der Waals surface area contributed by atoms with Crippen LogP contribution >= 0.6 is 17.0 Å². The molecule has 4 heteroatoms. The molecule has 1 aliphatic carbocycles. The second kappa shape index (κ2) is 6.42. The van der Waals surface area contributed by atoms with E-state index in [4.69, 9.17) is 0 Å². The number of rotatable bonds is 3. The summed E-state index contributed by atoms with van der Waals surface area (Å²) in [5.74, 6) is 1.07. The van der Waals surface area contributed by atoms with Gasteiger partial charge in [-0.05, 0) is 42.9 Å². The molecule has 19 heavy (non-hydrogen) atoms. The third kappa shape index (κ3) is 3.11. The number of aliphatic imine (C=N–C) groups is 1. The van der Waals surface area contributed by atoms with Crippen molar-refractivity contribution in [2.45, 2.75) is 32.7 Å². The molecule has 0 radical (unpaired) electrons. The molecular weight excluding hydrogens is 302 g/mol. The lowest BCUT2D eigenvalue weighted by atomic mass is 10.1. The first-order chi connectivity index (χ1) is 8.86. The topological polar surface area (TPSA) is 27.6 Å². The molecule has 0 saturated carbocycles. The molecule has 0 atom stereocenters. The predicted octanol–water partition coefficient (Wildman–Crippen LogP) is 2.53. The number of benzene rings is 1. The maximum absolute atomic E-state index is 4.51. The summed E-state index contributed by atoms with van der Waals surface area (Å²) in [5, 5.41) is 3.47. The zero-order valence-electron chi connectivity index (χ0n) is 11.5. The minimum atomic E-state index is 0. The Kier molecular flexibility index (Phi) is 4.86. The highest BCUT2D eigenvalue weighted by molar-refractivity contribution is 8.93. The number of likely N-dealkylation sites (N-methyl/N-ethyl adjacent to an activating group) is 1. The van der Waals surface area contributed by atoms with E-state index in [1.165, 1.54) is 24.8 Å². The van der Waals surface area contributed by atoms with E-state index in [1.54, 1.807) is 11.1 Å². The zero-order chi connectivity index (χ0) is 12.4. The van der Waals surface area contributed by atoms with Crippen LogP contribution in [0.25, 0.3) is 0 Å². The van der Waals surface area contributed by atoms with Crippen LogP contribution in [0, 0.1) is 0 Å². The highest BCUT2D eigenvalue weighted by Crippen LogP contribution is 2.22. The van der Waals surface area contributed by atoms with Crippen LogP contribution in [-0.2, 0) is 19.4 Å². The third-order valence-electron chi connectivity index (χ3n) is 3.93. The Morgan fingerprint density at radius 1 is 1.26 bits per heavy atom. The monoisotopic (exact) mass is 323 g/mol. The van der Waals surface area contributed by atoms with Crippen molar-refractivity contribution in [2.24, 2.45) is 4.99 Å². The molecule has 0 saturated heterocycles. The van der Waals surface area contributed by atoms with Gasteiger partial charge < -0.3 is 10.2 Å². The Bertz CT molecular complexity index is 470. The molecule has 1 heterocycles. The molecule has 0 amide bonds. The molecule has 0 spiro atoms. The summed E-state index contributed by atoms with van der Waals surface area (Å²) in [6.07, 6.45) is 3.84. The summed E-state index contributed by atoms with van der Waals surface area (Å²) in [6, 6.07) is 6.91. The highest BCUT2D eigenvalue weighted by Gasteiger charge is 2.15. The minimum Gasteiger partial charge on any atom is -0.352 e. The Morgan fingerprint density at radius 2 is 2.11 bits per heavy atom. The smallest absolute Gasteiger partial charge is 0.194 e. The lowest BCUT2D eigenvalue weighted by molar-refractivity contribution is 0.466. The van der Waals surface area contributed by atoms with E-state index in [1.807, 2.05) is 0 Å². The van der Waals surface area contributed by atoms with E-state index < -0.39 is 0 Å². The standard InChI is InChI=1S/C15H21N3.BrH/c1-2-18-9-8-16-15(18)17-11-12-6-7-13-4-3-5-14(13)10-12;/h6-7,10H,2-5,8-9,11H2,1H3,(H,16,17);1H. The number of fused-ring (bicyclic) bond motifs is 1. The van der Waals surface area contributed by atoms with Crippen LogP contribution in [0.3, 0.4) is 0 Å². The maximum atomic E-state index is 4.51. The van der Waals surface area contributed by atoms with Gasteiger partial charge in [-0.2, -0.15) is 0 Å². The van der Waals surface area contributed by atoms with Crippen molar-refractivity contribution in [1.29, 1.82) is 0 Å². The Hall–Kier alpha value is -1.03. The van der Waals surface area contributed by atoms with Crippen LogP contribution in [0.1, 0.15) is 30.0 Å². The molecule has 1 aliphatic heterocycles. The van der Waals surface area contributed by atoms with Crippen molar-refractivity contribution in [2.75, 3.05) is 19.6 Å². The highest BCUT2D eigenvalue weighted by atomic mass is 79.9. The number of nitrogens with zero attached hydrogens (tertiary/aromatic N) is 2. The molecule has 0 unspecified atom stereocenters. The van der Waals surface area contributed by atoms with Gasteiger partial charge >= 0.3 is 0 Å². The van der Waals surface area contributed by atoms with E-state index in [2.05, 4.69) is 40.3 Å². The average molecular weight is 324 g/mol. The maximum Gasteiger partial charge on any atom is 0.194 e. The minimum absolute atomic E-state index is 0. The van der Waals surface area contributed by atoms with Gasteiger partial charge in [0.2, 0.25) is 0 Å². The number of halogens is 1. The SMILES string of the molecule is Br.CCN1CCN=C1NCc1ccc2c(c1)CCC2. The fraction of sp³-hybridized carbons (Fsp3) is 0.533. The molecule has 3 nitrogen and oxygen atoms in total. The normalized spacial score (nSPS) is 16.9. The van der Waals surface area contributed by atoms with Crippen LogP contribution in [0.5, 0.6) is 0 Å². The van der Waals surface area contributed by atoms with Gasteiger partial charge in [0.15, 0.2) is 5.96 Å². The van der Waals surface area contributed by atoms with E-state index >= 15 is 0 Å². The van der Waals surface area contributed by atoms with E-state index in [9.17, 15) is 0 Å². The lowest BCUT2D eigenvalue weighted by Crippen LogP contribution is -2.37. The molecule has 104 valence electrons. The number of hydrogen-bond donors (Lipinski definition) is 1. The fourth-order valence-corrected chi connectivity index (χ4v) is 2.87. The summed E-state index contributed by atoms with van der Waals surface area (Å²) < 4.78 is 0. The Morgan fingerprint density at radius 3 is 2.95 bits per heavy atom. The van der Waals surface area contributed by atoms with Crippen molar-refractivity contribution >= 4 is 22.9 Å². The van der Waals surface area contributed by atoms with Gasteiger partial charge in [-0.15, -0.1) is 17.0 Å². The van der Waals surface area contributed by atoms with Crippen molar-refractivity contribution in [3.05, 3.63) is 34.9 Å². The summed E-state index contributed by atoms with van der Waals surface area (Å²) in [4.78, 5) is 6.81. The van der Waals surface area contributed by atoms with Gasteiger partial charge in [0.25, 0.3) is 0 Å². The van der Waals surface area contributed by atoms with Crippen molar-refractivity contribution in [1.82, 2.24) is 10.2 Å². The van der Waals surface area contributed by atoms with Crippen molar-refractivity contribution < 1.29 is 0 Å². The van der Waals surface area contributed by atoms with Gasteiger partial charge in [-0.3, -0.25) is 4.99 Å². The van der Waals surface area contributed by atoms with Gasteiger partial charge in [0, 0.05) is 19.6 Å². The first-order valence-corrected chi connectivity index (χ1v) is 7.01. The lowest BCUT2D eigenvalue weighted by Gasteiger charge is -2.19. The molecule has 3 rings (SSSR count). The second-order valence-electron chi connectivity index (χ2n) is 5.10. The van der Waals surface area contributed by atoms with Crippen LogP contribution in [-0.4, -0.2) is 30.5 Å². The molecule has 2 aliphatic rings. The Labute approximate surface area is 125 Å². The summed E-state index contributed by atoms with van der Waals surface area (Å²) >= 11 is 0. The number of aryl methyl sites for hydroxylation is 2. The van der Waals surface area contributed by atoms with Crippen molar-refractivity contribution in [3.63, 3.8) is 0 Å². The average Bonchev–Trinajstić information content (AvgIpc) is 3.04. The third-order valence-corrected chi connectivity index (χ3v) is 3.93. The first kappa shape index (κ1) is 14.4. The number of guanidine groups is 1. The molecule has 1 aromatic carbocycles. The van der Waals surface area contributed by atoms with Gasteiger partial charge in [0.1, 0.15) is 0 Å². The van der Waals surface area contributed by atoms with E-state index in [-0.39, 0.29) is 17.0 Å². The van der Waals surface area contributed by atoms with Crippen molar-refractivity contribution in [3.8, 4) is 0 Å². The molecule has 0 bridgehead atoms. The Balaban J connectivity index is 0.00000133. The van der Waals surface area contributed by atoms with E-state index in [0.29, 0.717) is 0 Å². The predicted molar refractivity (Wildman–Crippen MR) is 85.2 cm³/mol. The summed E-state index contributed by atoms with van der Waals surface area (Å²) in [6.45, 7) is 6.10. The molecule has 1 aromatic rings. The number of hydrogen-bond acceptors (Lipinski definition) is 3. The number of nitrogens with one attached hydrogen (secondary N) is 1. The molecule has 1 N–H and O–H groups in total. The summed E-state index contributed by atoms with van der Waals surface area (Å²) in [5.41, 5.74) is 4.48. The van der Waals surface area contributed by atoms with Crippen LogP contribution in [0.15, 0.2) is 23.2 Å². The first-order valence-electron chi connectivity index (χ1n) is 7.01. The zero-order valence-corrected chi connectivity index (χ0v) is 13.2. The van der Waals surface area contributed by atoms with Gasteiger partial charge in [-0.25, -0.2) is 0 Å². The quantitative estimate of drug-likeness (QED) is 0.925. The van der Waals surface area contributed by atoms with E-state index in [0.717, 1.165) is 32.1 Å². The fourth-order valence-electron chi connectivity index (χ4n) is 2.87. The summed E-state index contributed by atoms with van der Waals surface area (Å²) in [7, 11) is 0. The van der Waals surface area contributed by atoms with Gasteiger partial charge in [-0.1, -0.05) is 18.2 Å². The largest absolute Gasteiger partial charge is 0.352 e.